The first-order chi connectivity index (χ1) is 14.9. The van der Waals surface area contributed by atoms with Crippen molar-refractivity contribution in [3.8, 4) is 11.5 Å². The molecule has 0 aliphatic rings. The van der Waals surface area contributed by atoms with Crippen LogP contribution >= 0.6 is 11.6 Å². The van der Waals surface area contributed by atoms with Crippen molar-refractivity contribution >= 4 is 35.0 Å². The van der Waals surface area contributed by atoms with Gasteiger partial charge in [0.1, 0.15) is 30.3 Å². The molecule has 0 saturated heterocycles. The van der Waals surface area contributed by atoms with Crippen LogP contribution in [0.2, 0.25) is 5.02 Å². The largest absolute Gasteiger partial charge is 0.458 e. The van der Waals surface area contributed by atoms with E-state index in [9.17, 15) is 37.7 Å². The summed E-state index contributed by atoms with van der Waals surface area (Å²) in [5.74, 6) is -3.51. The zero-order valence-corrected chi connectivity index (χ0v) is 16.9. The Morgan fingerprint density at radius 1 is 1.06 bits per heavy atom. The molecule has 0 aromatic heterocycles. The number of nitrogens with zero attached hydrogens (tertiary/aromatic N) is 1. The first kappa shape index (κ1) is 24.6. The molecule has 0 amide bonds. The number of hydrogen-bond acceptors (Lipinski definition) is 8. The topological polar surface area (TPSA) is 122 Å². The van der Waals surface area contributed by atoms with Gasteiger partial charge in [-0.25, -0.2) is 9.59 Å². The minimum Gasteiger partial charge on any atom is -0.458 e. The molecule has 2 aromatic rings. The lowest BCUT2D eigenvalue weighted by Crippen LogP contribution is -2.18. The molecule has 2 rings (SSSR count). The summed E-state index contributed by atoms with van der Waals surface area (Å²) < 4.78 is 52.9. The van der Waals surface area contributed by atoms with Crippen molar-refractivity contribution in [2.24, 2.45) is 0 Å². The second-order valence-corrected chi connectivity index (χ2v) is 6.42. The number of ketones is 1. The Kier molecular flexibility index (Phi) is 7.76. The summed E-state index contributed by atoms with van der Waals surface area (Å²) in [6, 6.07) is 5.30. The normalized spacial score (nSPS) is 10.9. The van der Waals surface area contributed by atoms with Crippen molar-refractivity contribution in [3.05, 3.63) is 62.7 Å². The Labute approximate surface area is 182 Å². The average molecular weight is 476 g/mol. The highest BCUT2D eigenvalue weighted by molar-refractivity contribution is 6.32. The molecule has 0 atom stereocenters. The summed E-state index contributed by atoms with van der Waals surface area (Å²) >= 11 is 5.81. The predicted molar refractivity (Wildman–Crippen MR) is 102 cm³/mol. The maximum Gasteiger partial charge on any atom is 0.416 e. The summed E-state index contributed by atoms with van der Waals surface area (Å²) in [6.07, 6.45) is -4.62. The molecule has 0 N–H and O–H groups in total. The SMILES string of the molecule is CC(=O)C(=O)OCCOC(=O)c1cc(Oc2ccc(C(F)(F)F)cc2Cl)ccc1[N+](=O)[O-]. The first-order valence-electron chi connectivity index (χ1n) is 8.58. The van der Waals surface area contributed by atoms with Crippen LogP contribution in [0, 0.1) is 10.1 Å². The number of nitro benzene ring substituents is 1. The summed E-state index contributed by atoms with van der Waals surface area (Å²) in [5, 5.41) is 10.8. The van der Waals surface area contributed by atoms with Gasteiger partial charge in [0, 0.05) is 19.1 Å². The van der Waals surface area contributed by atoms with Crippen LogP contribution in [0.15, 0.2) is 36.4 Å². The molecule has 0 fully saturated rings. The van der Waals surface area contributed by atoms with E-state index in [-0.39, 0.29) is 16.5 Å². The number of carbonyl (C=O) groups is 3. The first-order valence-corrected chi connectivity index (χ1v) is 8.95. The van der Waals surface area contributed by atoms with Gasteiger partial charge in [-0.3, -0.25) is 14.9 Å². The molecule has 0 unspecified atom stereocenters. The molecule has 0 aliphatic carbocycles. The molecule has 0 saturated carbocycles. The number of benzene rings is 2. The van der Waals surface area contributed by atoms with Crippen LogP contribution in [0.5, 0.6) is 11.5 Å². The fourth-order valence-electron chi connectivity index (χ4n) is 2.24. The Morgan fingerprint density at radius 3 is 2.28 bits per heavy atom. The van der Waals surface area contributed by atoms with E-state index in [2.05, 4.69) is 4.74 Å². The number of carbonyl (C=O) groups excluding carboxylic acids is 3. The van der Waals surface area contributed by atoms with Gasteiger partial charge in [0.15, 0.2) is 0 Å². The second kappa shape index (κ2) is 10.1. The van der Waals surface area contributed by atoms with E-state index < -0.39 is 58.8 Å². The van der Waals surface area contributed by atoms with Crippen LogP contribution in [0.25, 0.3) is 0 Å². The average Bonchev–Trinajstić information content (AvgIpc) is 2.71. The van der Waals surface area contributed by atoms with Gasteiger partial charge in [-0.1, -0.05) is 11.6 Å². The van der Waals surface area contributed by atoms with E-state index in [1.54, 1.807) is 0 Å². The van der Waals surface area contributed by atoms with Crippen molar-refractivity contribution in [2.45, 2.75) is 13.1 Å². The van der Waals surface area contributed by atoms with Crippen LogP contribution in [-0.2, 0) is 25.2 Å². The van der Waals surface area contributed by atoms with E-state index in [0.717, 1.165) is 37.3 Å². The molecule has 13 heteroatoms. The number of ether oxygens (including phenoxy) is 3. The van der Waals surface area contributed by atoms with Crippen LogP contribution in [0.3, 0.4) is 0 Å². The van der Waals surface area contributed by atoms with Crippen LogP contribution in [0.4, 0.5) is 18.9 Å². The highest BCUT2D eigenvalue weighted by Gasteiger charge is 2.31. The molecule has 9 nitrogen and oxygen atoms in total. The minimum absolute atomic E-state index is 0.146. The zero-order valence-electron chi connectivity index (χ0n) is 16.1. The van der Waals surface area contributed by atoms with Crippen molar-refractivity contribution in [2.75, 3.05) is 13.2 Å². The Balaban J connectivity index is 2.19. The molecule has 170 valence electrons. The third-order valence-corrected chi connectivity index (χ3v) is 4.00. The number of alkyl halides is 3. The lowest BCUT2D eigenvalue weighted by atomic mass is 10.1. The van der Waals surface area contributed by atoms with E-state index in [0.29, 0.717) is 6.07 Å². The summed E-state index contributed by atoms with van der Waals surface area (Å²) in [4.78, 5) is 44.4. The van der Waals surface area contributed by atoms with E-state index in [1.165, 1.54) is 0 Å². The fraction of sp³-hybridized carbons (Fsp3) is 0.211. The van der Waals surface area contributed by atoms with Crippen molar-refractivity contribution in [3.63, 3.8) is 0 Å². The number of Topliss-reactive ketones (excluding diaryl/α,β-unsaturated/α-hetero) is 1. The molecule has 0 spiro atoms. The molecular weight excluding hydrogens is 463 g/mol. The Hall–Kier alpha value is -3.67. The lowest BCUT2D eigenvalue weighted by molar-refractivity contribution is -0.385. The van der Waals surface area contributed by atoms with Crippen molar-refractivity contribution < 1.29 is 46.7 Å². The smallest absolute Gasteiger partial charge is 0.416 e. The third kappa shape index (κ3) is 6.41. The van der Waals surface area contributed by atoms with Crippen LogP contribution in [-0.4, -0.2) is 35.9 Å². The molecule has 0 heterocycles. The molecule has 2 aromatic carbocycles. The minimum atomic E-state index is -4.62. The number of esters is 2. The van der Waals surface area contributed by atoms with Gasteiger partial charge in [0.05, 0.1) is 15.5 Å². The van der Waals surface area contributed by atoms with E-state index in [1.807, 2.05) is 0 Å². The van der Waals surface area contributed by atoms with Gasteiger partial charge in [0.25, 0.3) is 5.69 Å². The fourth-order valence-corrected chi connectivity index (χ4v) is 2.46. The van der Waals surface area contributed by atoms with Crippen molar-refractivity contribution in [1.29, 1.82) is 0 Å². The molecular formula is C19H13ClF3NO8. The highest BCUT2D eigenvalue weighted by atomic mass is 35.5. The second-order valence-electron chi connectivity index (χ2n) is 6.01. The Morgan fingerprint density at radius 2 is 1.72 bits per heavy atom. The molecule has 0 radical (unpaired) electrons. The summed E-state index contributed by atoms with van der Waals surface area (Å²) in [5.41, 5.74) is -2.18. The van der Waals surface area contributed by atoms with E-state index in [4.69, 9.17) is 21.1 Å². The maximum absolute atomic E-state index is 12.7. The summed E-state index contributed by atoms with van der Waals surface area (Å²) in [6.45, 7) is 0.0201. The van der Waals surface area contributed by atoms with Crippen LogP contribution in [0.1, 0.15) is 22.8 Å². The van der Waals surface area contributed by atoms with Crippen molar-refractivity contribution in [1.82, 2.24) is 0 Å². The Bertz CT molecular complexity index is 1070. The van der Waals surface area contributed by atoms with Gasteiger partial charge >= 0.3 is 18.1 Å². The predicted octanol–water partition coefficient (Wildman–Crippen LogP) is 4.35. The molecule has 0 aliphatic heterocycles. The van der Waals surface area contributed by atoms with E-state index >= 15 is 0 Å². The lowest BCUT2D eigenvalue weighted by Gasteiger charge is -2.12. The molecule has 0 bridgehead atoms. The zero-order chi connectivity index (χ0) is 24.1. The maximum atomic E-state index is 12.7. The number of halogens is 4. The van der Waals surface area contributed by atoms with Gasteiger partial charge in [-0.05, 0) is 24.3 Å². The standard InChI is InChI=1S/C19H13ClF3NO8/c1-10(25)17(26)30-6-7-31-18(27)13-9-12(3-4-15(13)24(28)29)32-16-5-2-11(8-14(16)20)19(21,22)23/h2-5,8-9H,6-7H2,1H3. The third-order valence-electron chi connectivity index (χ3n) is 3.71. The van der Waals surface area contributed by atoms with Gasteiger partial charge in [-0.15, -0.1) is 0 Å². The number of rotatable bonds is 8. The number of nitro groups is 1. The van der Waals surface area contributed by atoms with Gasteiger partial charge < -0.3 is 14.2 Å². The van der Waals surface area contributed by atoms with Gasteiger partial charge in [0.2, 0.25) is 5.78 Å². The molecule has 32 heavy (non-hydrogen) atoms. The monoisotopic (exact) mass is 475 g/mol. The highest BCUT2D eigenvalue weighted by Crippen LogP contribution is 2.37. The van der Waals surface area contributed by atoms with Gasteiger partial charge in [-0.2, -0.15) is 13.2 Å². The number of hydrogen-bond donors (Lipinski definition) is 0. The summed E-state index contributed by atoms with van der Waals surface area (Å²) in [7, 11) is 0. The quantitative estimate of drug-likeness (QED) is 0.181. The van der Waals surface area contributed by atoms with Crippen LogP contribution < -0.4 is 4.74 Å².